The summed E-state index contributed by atoms with van der Waals surface area (Å²) < 4.78 is 5.49. The molecule has 78 valence electrons. The van der Waals surface area contributed by atoms with Crippen molar-refractivity contribution < 1.29 is 4.74 Å². The lowest BCUT2D eigenvalue weighted by molar-refractivity contribution is 0.342. The molecule has 4 nitrogen and oxygen atoms in total. The summed E-state index contributed by atoms with van der Waals surface area (Å²) in [4.78, 5) is 0. The maximum absolute atomic E-state index is 5.49. The quantitative estimate of drug-likeness (QED) is 0.802. The average molecular weight is 203 g/mol. The Labute approximate surface area is 88.3 Å². The number of H-pyrrole nitrogens is 1. The van der Waals surface area contributed by atoms with Crippen molar-refractivity contribution in [3.8, 4) is 5.75 Å². The number of benzene rings is 1. The Balaban J connectivity index is 2.20. The van der Waals surface area contributed by atoms with Crippen molar-refractivity contribution in [2.24, 2.45) is 0 Å². The number of rotatable bonds is 4. The van der Waals surface area contributed by atoms with E-state index in [-0.39, 0.29) is 0 Å². The van der Waals surface area contributed by atoms with Gasteiger partial charge in [0.2, 0.25) is 0 Å². The zero-order valence-electron chi connectivity index (χ0n) is 8.53. The minimum Gasteiger partial charge on any atom is -0.492 e. The van der Waals surface area contributed by atoms with Gasteiger partial charge in [-0.3, -0.25) is 5.10 Å². The van der Waals surface area contributed by atoms with Gasteiger partial charge < -0.3 is 10.1 Å². The topological polar surface area (TPSA) is 49.9 Å². The monoisotopic (exact) mass is 203 g/mol. The van der Waals surface area contributed by atoms with E-state index in [0.29, 0.717) is 6.61 Å². The van der Waals surface area contributed by atoms with Crippen LogP contribution in [-0.4, -0.2) is 16.8 Å². The normalized spacial score (nSPS) is 9.93. The predicted octanol–water partition coefficient (Wildman–Crippen LogP) is 2.55. The first-order valence-electron chi connectivity index (χ1n) is 4.88. The maximum atomic E-state index is 5.49. The van der Waals surface area contributed by atoms with Crippen LogP contribution in [0.3, 0.4) is 0 Å². The van der Waals surface area contributed by atoms with Gasteiger partial charge in [0, 0.05) is 6.07 Å². The highest BCUT2D eigenvalue weighted by Crippen LogP contribution is 2.26. The summed E-state index contributed by atoms with van der Waals surface area (Å²) in [6.07, 6.45) is 1.70. The van der Waals surface area contributed by atoms with Gasteiger partial charge in [0.05, 0.1) is 18.5 Å². The first kappa shape index (κ1) is 9.58. The SMILES string of the molecule is CCOc1ccccc1Nc1ccn[nH]1. The Morgan fingerprint density at radius 2 is 2.20 bits per heavy atom. The van der Waals surface area contributed by atoms with Crippen molar-refractivity contribution in [3.05, 3.63) is 36.5 Å². The van der Waals surface area contributed by atoms with Gasteiger partial charge >= 0.3 is 0 Å². The number of nitrogens with zero attached hydrogens (tertiary/aromatic N) is 1. The van der Waals surface area contributed by atoms with E-state index >= 15 is 0 Å². The lowest BCUT2D eigenvalue weighted by atomic mass is 10.3. The van der Waals surface area contributed by atoms with Crippen LogP contribution in [0, 0.1) is 0 Å². The van der Waals surface area contributed by atoms with Gasteiger partial charge in [-0.25, -0.2) is 0 Å². The molecule has 0 radical (unpaired) electrons. The van der Waals surface area contributed by atoms with Gasteiger partial charge in [-0.2, -0.15) is 5.10 Å². The minimum absolute atomic E-state index is 0.654. The largest absolute Gasteiger partial charge is 0.492 e. The Morgan fingerprint density at radius 3 is 2.93 bits per heavy atom. The lowest BCUT2D eigenvalue weighted by Crippen LogP contribution is -1.97. The molecule has 0 saturated heterocycles. The Hall–Kier alpha value is -1.97. The number of anilines is 2. The van der Waals surface area contributed by atoms with E-state index in [1.807, 2.05) is 37.3 Å². The molecule has 1 heterocycles. The van der Waals surface area contributed by atoms with Crippen LogP contribution in [0.1, 0.15) is 6.92 Å². The standard InChI is InChI=1S/C11H13N3O/c1-2-15-10-6-4-3-5-9(10)13-11-7-8-12-14-11/h3-8H,2H2,1H3,(H2,12,13,14). The van der Waals surface area contributed by atoms with E-state index in [4.69, 9.17) is 4.74 Å². The summed E-state index contributed by atoms with van der Waals surface area (Å²) in [5.41, 5.74) is 0.934. The van der Waals surface area contributed by atoms with Crippen LogP contribution >= 0.6 is 0 Å². The highest BCUT2D eigenvalue weighted by Gasteiger charge is 2.02. The third-order valence-electron chi connectivity index (χ3n) is 1.96. The van der Waals surface area contributed by atoms with Crippen molar-refractivity contribution in [2.75, 3.05) is 11.9 Å². The molecule has 2 rings (SSSR count). The van der Waals surface area contributed by atoms with Crippen LogP contribution in [0.25, 0.3) is 0 Å². The fraction of sp³-hybridized carbons (Fsp3) is 0.182. The van der Waals surface area contributed by atoms with E-state index in [2.05, 4.69) is 15.5 Å². The number of ether oxygens (including phenoxy) is 1. The zero-order chi connectivity index (χ0) is 10.5. The van der Waals surface area contributed by atoms with Gasteiger partial charge in [0.15, 0.2) is 0 Å². The van der Waals surface area contributed by atoms with Crippen molar-refractivity contribution in [1.82, 2.24) is 10.2 Å². The zero-order valence-corrected chi connectivity index (χ0v) is 8.53. The van der Waals surface area contributed by atoms with Crippen LogP contribution in [0.15, 0.2) is 36.5 Å². The van der Waals surface area contributed by atoms with Crippen molar-refractivity contribution in [1.29, 1.82) is 0 Å². The van der Waals surface area contributed by atoms with Crippen molar-refractivity contribution in [2.45, 2.75) is 6.92 Å². The minimum atomic E-state index is 0.654. The second-order valence-electron chi connectivity index (χ2n) is 3.02. The summed E-state index contributed by atoms with van der Waals surface area (Å²) in [7, 11) is 0. The Kier molecular flexibility index (Phi) is 2.88. The molecule has 0 unspecified atom stereocenters. The predicted molar refractivity (Wildman–Crippen MR) is 59.5 cm³/mol. The second-order valence-corrected chi connectivity index (χ2v) is 3.02. The molecule has 0 aliphatic carbocycles. The molecule has 1 aromatic carbocycles. The van der Waals surface area contributed by atoms with Gasteiger partial charge in [0.25, 0.3) is 0 Å². The summed E-state index contributed by atoms with van der Waals surface area (Å²) in [5.74, 6) is 1.69. The van der Waals surface area contributed by atoms with E-state index in [1.165, 1.54) is 0 Å². The third kappa shape index (κ3) is 2.28. The first-order valence-corrected chi connectivity index (χ1v) is 4.88. The molecule has 0 aliphatic heterocycles. The molecule has 0 aliphatic rings. The number of aromatic nitrogens is 2. The molecule has 0 saturated carbocycles. The molecular formula is C11H13N3O. The molecule has 2 aromatic rings. The third-order valence-corrected chi connectivity index (χ3v) is 1.96. The fourth-order valence-electron chi connectivity index (χ4n) is 1.32. The highest BCUT2D eigenvalue weighted by molar-refractivity contribution is 5.63. The molecule has 0 atom stereocenters. The number of nitrogens with one attached hydrogen (secondary N) is 2. The van der Waals surface area contributed by atoms with E-state index in [1.54, 1.807) is 6.20 Å². The smallest absolute Gasteiger partial charge is 0.142 e. The number of aromatic amines is 1. The van der Waals surface area contributed by atoms with Gasteiger partial charge in [-0.05, 0) is 19.1 Å². The number of hydrogen-bond acceptors (Lipinski definition) is 3. The summed E-state index contributed by atoms with van der Waals surface area (Å²) in [5, 5.41) is 9.90. The first-order chi connectivity index (χ1) is 7.40. The van der Waals surface area contributed by atoms with Crippen LogP contribution in [-0.2, 0) is 0 Å². The summed E-state index contributed by atoms with van der Waals surface area (Å²) >= 11 is 0. The van der Waals surface area contributed by atoms with E-state index < -0.39 is 0 Å². The molecule has 4 heteroatoms. The van der Waals surface area contributed by atoms with E-state index in [9.17, 15) is 0 Å². The van der Waals surface area contributed by atoms with Crippen LogP contribution < -0.4 is 10.1 Å². The number of hydrogen-bond donors (Lipinski definition) is 2. The molecular weight excluding hydrogens is 190 g/mol. The molecule has 15 heavy (non-hydrogen) atoms. The summed E-state index contributed by atoms with van der Waals surface area (Å²) in [6.45, 7) is 2.62. The molecule has 0 fully saturated rings. The van der Waals surface area contributed by atoms with Crippen molar-refractivity contribution >= 4 is 11.5 Å². The van der Waals surface area contributed by atoms with Crippen LogP contribution in [0.5, 0.6) is 5.75 Å². The number of para-hydroxylation sites is 2. The molecule has 0 bridgehead atoms. The van der Waals surface area contributed by atoms with Gasteiger partial charge in [-0.1, -0.05) is 12.1 Å². The van der Waals surface area contributed by atoms with Gasteiger partial charge in [-0.15, -0.1) is 0 Å². The second kappa shape index (κ2) is 4.50. The lowest BCUT2D eigenvalue weighted by Gasteiger charge is -2.10. The molecule has 1 aromatic heterocycles. The fourth-order valence-corrected chi connectivity index (χ4v) is 1.32. The maximum Gasteiger partial charge on any atom is 0.142 e. The Morgan fingerprint density at radius 1 is 1.33 bits per heavy atom. The summed E-state index contributed by atoms with van der Waals surface area (Å²) in [6, 6.07) is 9.67. The molecule has 0 amide bonds. The average Bonchev–Trinajstić information content (AvgIpc) is 2.74. The van der Waals surface area contributed by atoms with Crippen LogP contribution in [0.4, 0.5) is 11.5 Å². The van der Waals surface area contributed by atoms with Crippen molar-refractivity contribution in [3.63, 3.8) is 0 Å². The van der Waals surface area contributed by atoms with Gasteiger partial charge in [0.1, 0.15) is 11.6 Å². The Bertz CT molecular complexity index is 412. The molecule has 2 N–H and O–H groups in total. The molecule has 0 spiro atoms. The van der Waals surface area contributed by atoms with Crippen LogP contribution in [0.2, 0.25) is 0 Å². The van der Waals surface area contributed by atoms with E-state index in [0.717, 1.165) is 17.3 Å². The highest BCUT2D eigenvalue weighted by atomic mass is 16.5.